The lowest BCUT2D eigenvalue weighted by Gasteiger charge is -2.34. The molecule has 8 heteroatoms. The summed E-state index contributed by atoms with van der Waals surface area (Å²) in [6, 6.07) is 4.45. The number of halogens is 3. The minimum absolute atomic E-state index is 0.0482. The third kappa shape index (κ3) is 3.25. The predicted molar refractivity (Wildman–Crippen MR) is 75.2 cm³/mol. The average Bonchev–Trinajstić information content (AvgIpc) is 2.53. The number of ether oxygens (including phenoxy) is 1. The van der Waals surface area contributed by atoms with E-state index in [1.165, 1.54) is 23.1 Å². The van der Waals surface area contributed by atoms with Crippen molar-refractivity contribution in [2.45, 2.75) is 19.0 Å². The zero-order valence-corrected chi connectivity index (χ0v) is 12.2. The number of benzene rings is 1. The lowest BCUT2D eigenvalue weighted by molar-refractivity contribution is -0.184. The fourth-order valence-electron chi connectivity index (χ4n) is 2.82. The fourth-order valence-corrected chi connectivity index (χ4v) is 2.82. The summed E-state index contributed by atoms with van der Waals surface area (Å²) < 4.78 is 43.8. The molecule has 0 aliphatic carbocycles. The van der Waals surface area contributed by atoms with Crippen LogP contribution in [0.5, 0.6) is 5.75 Å². The Hall–Kier alpha value is -2.25. The maximum absolute atomic E-state index is 12.8. The quantitative estimate of drug-likeness (QED) is 0.861. The van der Waals surface area contributed by atoms with Crippen LogP contribution in [0.3, 0.4) is 0 Å². The molecule has 2 heterocycles. The SMILES string of the molecule is O=C1COc2cc(C(=O)N3CCC[C@H](C(F)(F)F)C3)ccc2N1. The van der Waals surface area contributed by atoms with Crippen LogP contribution in [0.15, 0.2) is 18.2 Å². The van der Waals surface area contributed by atoms with Gasteiger partial charge in [0.15, 0.2) is 6.61 Å². The summed E-state index contributed by atoms with van der Waals surface area (Å²) in [4.78, 5) is 24.9. The van der Waals surface area contributed by atoms with Gasteiger partial charge in [0.05, 0.1) is 11.6 Å². The molecule has 124 valence electrons. The number of hydrogen-bond donors (Lipinski definition) is 1. The van der Waals surface area contributed by atoms with Crippen LogP contribution in [-0.4, -0.2) is 42.6 Å². The van der Waals surface area contributed by atoms with Crippen molar-refractivity contribution in [3.63, 3.8) is 0 Å². The van der Waals surface area contributed by atoms with Crippen LogP contribution in [0.1, 0.15) is 23.2 Å². The normalized spacial score (nSPS) is 21.3. The van der Waals surface area contributed by atoms with Gasteiger partial charge in [0.1, 0.15) is 5.75 Å². The van der Waals surface area contributed by atoms with Gasteiger partial charge >= 0.3 is 6.18 Å². The van der Waals surface area contributed by atoms with E-state index < -0.39 is 18.0 Å². The molecule has 1 fully saturated rings. The summed E-state index contributed by atoms with van der Waals surface area (Å²) in [6.07, 6.45) is -3.91. The Morgan fingerprint density at radius 3 is 2.87 bits per heavy atom. The topological polar surface area (TPSA) is 58.6 Å². The van der Waals surface area contributed by atoms with Gasteiger partial charge < -0.3 is 15.0 Å². The van der Waals surface area contributed by atoms with Crippen molar-refractivity contribution in [2.24, 2.45) is 5.92 Å². The summed E-state index contributed by atoms with van der Waals surface area (Å²) >= 11 is 0. The maximum Gasteiger partial charge on any atom is 0.393 e. The number of hydrogen-bond acceptors (Lipinski definition) is 3. The number of rotatable bonds is 1. The first-order valence-corrected chi connectivity index (χ1v) is 7.27. The highest BCUT2D eigenvalue weighted by Gasteiger charge is 2.42. The highest BCUT2D eigenvalue weighted by molar-refractivity contribution is 5.99. The van der Waals surface area contributed by atoms with Crippen molar-refractivity contribution >= 4 is 17.5 Å². The van der Waals surface area contributed by atoms with Crippen LogP contribution in [-0.2, 0) is 4.79 Å². The first-order valence-electron chi connectivity index (χ1n) is 7.27. The monoisotopic (exact) mass is 328 g/mol. The van der Waals surface area contributed by atoms with Gasteiger partial charge in [0.25, 0.3) is 11.8 Å². The molecule has 1 saturated heterocycles. The molecule has 0 saturated carbocycles. The van der Waals surface area contributed by atoms with Crippen molar-refractivity contribution in [1.82, 2.24) is 4.90 Å². The van der Waals surface area contributed by atoms with Crippen molar-refractivity contribution in [2.75, 3.05) is 25.0 Å². The Morgan fingerprint density at radius 1 is 1.35 bits per heavy atom. The van der Waals surface area contributed by atoms with Crippen LogP contribution in [0.25, 0.3) is 0 Å². The zero-order chi connectivity index (χ0) is 16.6. The number of fused-ring (bicyclic) bond motifs is 1. The van der Waals surface area contributed by atoms with Crippen LogP contribution < -0.4 is 10.1 Å². The lowest BCUT2D eigenvalue weighted by atomic mass is 9.97. The van der Waals surface area contributed by atoms with E-state index in [4.69, 9.17) is 4.74 Å². The van der Waals surface area contributed by atoms with Crippen molar-refractivity contribution in [3.8, 4) is 5.75 Å². The first-order chi connectivity index (χ1) is 10.8. The second-order valence-corrected chi connectivity index (χ2v) is 5.68. The van der Waals surface area contributed by atoms with E-state index >= 15 is 0 Å². The van der Waals surface area contributed by atoms with E-state index in [2.05, 4.69) is 5.32 Å². The third-order valence-electron chi connectivity index (χ3n) is 4.03. The Bertz CT molecular complexity index is 645. The largest absolute Gasteiger partial charge is 0.482 e. The van der Waals surface area contributed by atoms with E-state index in [0.29, 0.717) is 24.4 Å². The Morgan fingerprint density at radius 2 is 2.13 bits per heavy atom. The Kier molecular flexibility index (Phi) is 3.91. The zero-order valence-electron chi connectivity index (χ0n) is 12.2. The molecule has 3 rings (SSSR count). The minimum Gasteiger partial charge on any atom is -0.482 e. The van der Waals surface area contributed by atoms with Crippen LogP contribution in [0.2, 0.25) is 0 Å². The summed E-state index contributed by atoms with van der Waals surface area (Å²) in [5, 5.41) is 2.59. The number of anilines is 1. The van der Waals surface area contributed by atoms with Gasteiger partial charge in [0, 0.05) is 18.7 Å². The number of carbonyl (C=O) groups is 2. The lowest BCUT2D eigenvalue weighted by Crippen LogP contribution is -2.44. The van der Waals surface area contributed by atoms with Crippen molar-refractivity contribution in [1.29, 1.82) is 0 Å². The highest BCUT2D eigenvalue weighted by atomic mass is 19.4. The molecule has 1 aromatic carbocycles. The second kappa shape index (κ2) is 5.75. The molecular weight excluding hydrogens is 313 g/mol. The molecule has 0 aromatic heterocycles. The van der Waals surface area contributed by atoms with E-state index in [9.17, 15) is 22.8 Å². The summed E-state index contributed by atoms with van der Waals surface area (Å²) in [6.45, 7) is -0.165. The molecule has 2 aliphatic rings. The molecule has 1 aromatic rings. The maximum atomic E-state index is 12.8. The molecule has 5 nitrogen and oxygen atoms in total. The van der Waals surface area contributed by atoms with E-state index in [1.807, 2.05) is 0 Å². The van der Waals surface area contributed by atoms with E-state index in [1.54, 1.807) is 0 Å². The highest BCUT2D eigenvalue weighted by Crippen LogP contribution is 2.34. The molecule has 1 atom stereocenters. The third-order valence-corrected chi connectivity index (χ3v) is 4.03. The van der Waals surface area contributed by atoms with Gasteiger partial charge in [-0.2, -0.15) is 13.2 Å². The minimum atomic E-state index is -4.29. The van der Waals surface area contributed by atoms with Gasteiger partial charge in [-0.05, 0) is 31.0 Å². The van der Waals surface area contributed by atoms with E-state index in [-0.39, 0.29) is 31.0 Å². The van der Waals surface area contributed by atoms with Crippen LogP contribution >= 0.6 is 0 Å². The number of nitrogens with one attached hydrogen (secondary N) is 1. The summed E-state index contributed by atoms with van der Waals surface area (Å²) in [5.74, 6) is -1.88. The van der Waals surface area contributed by atoms with Gasteiger partial charge in [0.2, 0.25) is 0 Å². The number of alkyl halides is 3. The Labute approximate surface area is 130 Å². The van der Waals surface area contributed by atoms with E-state index in [0.717, 1.165) is 0 Å². The fraction of sp³-hybridized carbons (Fsp3) is 0.467. The van der Waals surface area contributed by atoms with Gasteiger partial charge in [-0.15, -0.1) is 0 Å². The Balaban J connectivity index is 1.77. The number of likely N-dealkylation sites (tertiary alicyclic amines) is 1. The summed E-state index contributed by atoms with van der Waals surface area (Å²) in [7, 11) is 0. The molecule has 23 heavy (non-hydrogen) atoms. The second-order valence-electron chi connectivity index (χ2n) is 5.68. The van der Waals surface area contributed by atoms with Crippen molar-refractivity contribution in [3.05, 3.63) is 23.8 Å². The summed E-state index contributed by atoms with van der Waals surface area (Å²) in [5.41, 5.74) is 0.701. The van der Waals surface area contributed by atoms with Crippen LogP contribution in [0, 0.1) is 5.92 Å². The molecular formula is C15H15F3N2O3. The molecule has 0 unspecified atom stereocenters. The first kappa shape index (κ1) is 15.6. The molecule has 2 aliphatic heterocycles. The molecule has 0 radical (unpaired) electrons. The molecule has 2 amide bonds. The number of carbonyl (C=O) groups excluding carboxylic acids is 2. The van der Waals surface area contributed by atoms with Gasteiger partial charge in [-0.3, -0.25) is 9.59 Å². The number of amides is 2. The molecule has 0 bridgehead atoms. The average molecular weight is 328 g/mol. The molecule has 1 N–H and O–H groups in total. The molecule has 0 spiro atoms. The number of piperidine rings is 1. The smallest absolute Gasteiger partial charge is 0.393 e. The van der Waals surface area contributed by atoms with Crippen LogP contribution in [0.4, 0.5) is 18.9 Å². The predicted octanol–water partition coefficient (Wildman–Crippen LogP) is 2.43. The standard InChI is InChI=1S/C15H15F3N2O3/c16-15(17,18)10-2-1-5-20(7-10)14(22)9-3-4-11-12(6-9)23-8-13(21)19-11/h3-4,6,10H,1-2,5,7-8H2,(H,19,21)/t10-/m0/s1. The van der Waals surface area contributed by atoms with Gasteiger partial charge in [-0.1, -0.05) is 0 Å². The van der Waals surface area contributed by atoms with Gasteiger partial charge in [-0.25, -0.2) is 0 Å². The van der Waals surface area contributed by atoms with Crippen molar-refractivity contribution < 1.29 is 27.5 Å². The number of nitrogens with zero attached hydrogens (tertiary/aromatic N) is 1.